The molecular formula is C23H28ClN3O3. The third kappa shape index (κ3) is 5.25. The van der Waals surface area contributed by atoms with Crippen LogP contribution in [0.25, 0.3) is 0 Å². The number of halogens is 1. The molecule has 0 atom stereocenters. The van der Waals surface area contributed by atoms with Gasteiger partial charge in [0.1, 0.15) is 5.75 Å². The van der Waals surface area contributed by atoms with E-state index in [1.54, 1.807) is 18.1 Å². The van der Waals surface area contributed by atoms with Crippen LogP contribution in [0.5, 0.6) is 5.75 Å². The Labute approximate surface area is 182 Å². The average molecular weight is 430 g/mol. The van der Waals surface area contributed by atoms with E-state index in [9.17, 15) is 9.59 Å². The predicted octanol–water partition coefficient (Wildman–Crippen LogP) is 4.61. The van der Waals surface area contributed by atoms with Crippen molar-refractivity contribution in [3.63, 3.8) is 0 Å². The molecule has 0 spiro atoms. The number of aryl methyl sites for hydroxylation is 1. The summed E-state index contributed by atoms with van der Waals surface area (Å²) in [4.78, 5) is 27.1. The number of nitrogens with zero attached hydrogens (tertiary/aromatic N) is 1. The maximum Gasteiger partial charge on any atom is 0.321 e. The van der Waals surface area contributed by atoms with Crippen molar-refractivity contribution in [1.29, 1.82) is 0 Å². The van der Waals surface area contributed by atoms with Gasteiger partial charge in [-0.05, 0) is 55.2 Å². The number of nitrogens with one attached hydrogen (secondary N) is 2. The first-order chi connectivity index (χ1) is 14.3. The molecule has 0 saturated carbocycles. The van der Waals surface area contributed by atoms with Crippen LogP contribution < -0.4 is 15.4 Å². The number of carbonyl (C=O) groups is 2. The van der Waals surface area contributed by atoms with E-state index in [0.717, 1.165) is 16.9 Å². The summed E-state index contributed by atoms with van der Waals surface area (Å²) < 4.78 is 5.22. The van der Waals surface area contributed by atoms with Gasteiger partial charge >= 0.3 is 6.03 Å². The number of rotatable bonds is 5. The second kappa shape index (κ2) is 9.39. The van der Waals surface area contributed by atoms with Crippen molar-refractivity contribution < 1.29 is 14.3 Å². The van der Waals surface area contributed by atoms with E-state index in [2.05, 4.69) is 10.6 Å². The lowest BCUT2D eigenvalue weighted by Crippen LogP contribution is -2.49. The van der Waals surface area contributed by atoms with Gasteiger partial charge in [-0.2, -0.15) is 0 Å². The minimum absolute atomic E-state index is 0.00990. The summed E-state index contributed by atoms with van der Waals surface area (Å²) in [6.07, 6.45) is 1.22. The van der Waals surface area contributed by atoms with Gasteiger partial charge in [-0.3, -0.25) is 4.79 Å². The molecule has 0 aliphatic carbocycles. The number of amides is 3. The number of urea groups is 1. The minimum Gasteiger partial charge on any atom is -0.497 e. The van der Waals surface area contributed by atoms with Gasteiger partial charge in [0.25, 0.3) is 0 Å². The molecule has 1 heterocycles. The number of ether oxygens (including phenoxy) is 1. The highest BCUT2D eigenvalue weighted by Crippen LogP contribution is 2.31. The zero-order valence-corrected chi connectivity index (χ0v) is 18.4. The zero-order chi connectivity index (χ0) is 21.7. The largest absolute Gasteiger partial charge is 0.497 e. The summed E-state index contributed by atoms with van der Waals surface area (Å²) in [7, 11) is 1.62. The molecule has 1 aliphatic rings. The molecule has 6 nitrogen and oxygen atoms in total. The van der Waals surface area contributed by atoms with Crippen molar-refractivity contribution in [3.8, 4) is 5.75 Å². The lowest BCUT2D eigenvalue weighted by atomic mass is 9.79. The van der Waals surface area contributed by atoms with Gasteiger partial charge in [0, 0.05) is 35.8 Å². The van der Waals surface area contributed by atoms with Crippen molar-refractivity contribution in [2.45, 2.75) is 33.2 Å². The summed E-state index contributed by atoms with van der Waals surface area (Å²) >= 11 is 6.13. The molecule has 3 amide bonds. The maximum absolute atomic E-state index is 12.8. The second-order valence-electron chi connectivity index (χ2n) is 7.98. The van der Waals surface area contributed by atoms with E-state index in [-0.39, 0.29) is 11.9 Å². The van der Waals surface area contributed by atoms with Crippen molar-refractivity contribution in [2.24, 2.45) is 5.41 Å². The monoisotopic (exact) mass is 429 g/mol. The molecule has 3 rings (SSSR count). The molecule has 0 radical (unpaired) electrons. The zero-order valence-electron chi connectivity index (χ0n) is 17.6. The van der Waals surface area contributed by atoms with Crippen LogP contribution in [0.3, 0.4) is 0 Å². The normalized spacial score (nSPS) is 15.4. The number of methoxy groups -OCH3 is 1. The van der Waals surface area contributed by atoms with Crippen LogP contribution in [-0.2, 0) is 11.3 Å². The summed E-state index contributed by atoms with van der Waals surface area (Å²) in [6.45, 7) is 5.37. The fraction of sp³-hybridized carbons (Fsp3) is 0.391. The summed E-state index contributed by atoms with van der Waals surface area (Å²) in [5.74, 6) is 0.776. The number of hydrogen-bond acceptors (Lipinski definition) is 3. The Morgan fingerprint density at radius 2 is 1.90 bits per heavy atom. The van der Waals surface area contributed by atoms with Crippen LogP contribution in [0.4, 0.5) is 10.5 Å². The van der Waals surface area contributed by atoms with E-state index < -0.39 is 5.41 Å². The number of benzene rings is 2. The first kappa shape index (κ1) is 22.0. The molecule has 30 heavy (non-hydrogen) atoms. The molecule has 160 valence electrons. The molecule has 1 aliphatic heterocycles. The molecule has 0 bridgehead atoms. The molecule has 0 unspecified atom stereocenters. The van der Waals surface area contributed by atoms with Gasteiger partial charge in [0.05, 0.1) is 7.11 Å². The Kier molecular flexibility index (Phi) is 6.87. The Morgan fingerprint density at radius 1 is 1.17 bits per heavy atom. The molecule has 2 aromatic carbocycles. The summed E-state index contributed by atoms with van der Waals surface area (Å²) in [5.41, 5.74) is 2.12. The topological polar surface area (TPSA) is 70.7 Å². The standard InChI is InChI=1S/C23H28ClN3O3/c1-16-7-8-18(14-20(16)24)26-22(29)27-11-9-23(2,10-12-27)21(28)25-15-17-5-4-6-19(13-17)30-3/h4-8,13-14H,9-12,15H2,1-3H3,(H,25,28)(H,26,29). The molecule has 7 heteroatoms. The van der Waals surface area contributed by atoms with Gasteiger partial charge in [0.15, 0.2) is 0 Å². The molecule has 0 aromatic heterocycles. The van der Waals surface area contributed by atoms with E-state index >= 15 is 0 Å². The van der Waals surface area contributed by atoms with Crippen LogP contribution in [0.1, 0.15) is 30.9 Å². The lowest BCUT2D eigenvalue weighted by Gasteiger charge is -2.38. The third-order valence-corrected chi connectivity index (χ3v) is 6.12. The number of piperidine rings is 1. The van der Waals surface area contributed by atoms with Crippen LogP contribution in [0, 0.1) is 12.3 Å². The Bertz CT molecular complexity index is 924. The number of likely N-dealkylation sites (tertiary alicyclic amines) is 1. The Balaban J connectivity index is 1.51. The van der Waals surface area contributed by atoms with Crippen molar-refractivity contribution in [1.82, 2.24) is 10.2 Å². The van der Waals surface area contributed by atoms with Gasteiger partial charge in [-0.1, -0.05) is 36.7 Å². The van der Waals surface area contributed by atoms with Gasteiger partial charge in [-0.25, -0.2) is 4.79 Å². The highest BCUT2D eigenvalue weighted by molar-refractivity contribution is 6.31. The SMILES string of the molecule is COc1cccc(CNC(=O)C2(C)CCN(C(=O)Nc3ccc(C)c(Cl)c3)CC2)c1. The van der Waals surface area contributed by atoms with Gasteiger partial charge in [0.2, 0.25) is 5.91 Å². The molecular weight excluding hydrogens is 402 g/mol. The summed E-state index contributed by atoms with van der Waals surface area (Å²) in [5, 5.41) is 6.53. The quantitative estimate of drug-likeness (QED) is 0.729. The molecule has 1 fully saturated rings. The fourth-order valence-electron chi connectivity index (χ4n) is 3.48. The van der Waals surface area contributed by atoms with Crippen molar-refractivity contribution in [3.05, 3.63) is 58.6 Å². The lowest BCUT2D eigenvalue weighted by molar-refractivity contribution is -0.132. The maximum atomic E-state index is 12.8. The number of anilines is 1. The smallest absolute Gasteiger partial charge is 0.321 e. The van der Waals surface area contributed by atoms with Crippen LogP contribution in [-0.4, -0.2) is 37.0 Å². The molecule has 1 saturated heterocycles. The van der Waals surface area contributed by atoms with E-state index in [1.807, 2.05) is 50.2 Å². The van der Waals surface area contributed by atoms with Gasteiger partial charge in [-0.15, -0.1) is 0 Å². The van der Waals surface area contributed by atoms with Gasteiger partial charge < -0.3 is 20.3 Å². The first-order valence-corrected chi connectivity index (χ1v) is 10.4. The summed E-state index contributed by atoms with van der Waals surface area (Å²) in [6, 6.07) is 12.9. The number of hydrogen-bond donors (Lipinski definition) is 2. The fourth-order valence-corrected chi connectivity index (χ4v) is 3.66. The third-order valence-electron chi connectivity index (χ3n) is 5.71. The molecule has 2 aromatic rings. The predicted molar refractivity (Wildman–Crippen MR) is 119 cm³/mol. The first-order valence-electron chi connectivity index (χ1n) is 10.0. The highest BCUT2D eigenvalue weighted by atomic mass is 35.5. The molecule has 2 N–H and O–H groups in total. The van der Waals surface area contributed by atoms with Crippen LogP contribution >= 0.6 is 11.6 Å². The average Bonchev–Trinajstić information content (AvgIpc) is 2.75. The van der Waals surface area contributed by atoms with Crippen molar-refractivity contribution in [2.75, 3.05) is 25.5 Å². The van der Waals surface area contributed by atoms with E-state index in [4.69, 9.17) is 16.3 Å². The number of carbonyl (C=O) groups excluding carboxylic acids is 2. The minimum atomic E-state index is -0.497. The van der Waals surface area contributed by atoms with Crippen molar-refractivity contribution >= 4 is 29.2 Å². The Morgan fingerprint density at radius 3 is 2.57 bits per heavy atom. The Hall–Kier alpha value is -2.73. The van der Waals surface area contributed by atoms with E-state index in [1.165, 1.54) is 0 Å². The van der Waals surface area contributed by atoms with E-state index in [0.29, 0.717) is 43.2 Å². The second-order valence-corrected chi connectivity index (χ2v) is 8.38. The van der Waals surface area contributed by atoms with Crippen LogP contribution in [0.15, 0.2) is 42.5 Å². The van der Waals surface area contributed by atoms with Crippen LogP contribution in [0.2, 0.25) is 5.02 Å². The highest BCUT2D eigenvalue weighted by Gasteiger charge is 2.38.